The van der Waals surface area contributed by atoms with Crippen molar-refractivity contribution in [1.29, 1.82) is 0 Å². The molecular formula is C23H24ClF2N3O5. The Morgan fingerprint density at radius 3 is 2.74 bits per heavy atom. The van der Waals surface area contributed by atoms with Gasteiger partial charge in [0.1, 0.15) is 40.1 Å². The highest BCUT2D eigenvalue weighted by atomic mass is 35.5. The Labute approximate surface area is 200 Å². The zero-order valence-electron chi connectivity index (χ0n) is 19.1. The molecule has 2 aromatic rings. The monoisotopic (exact) mass is 495 g/mol. The Hall–Kier alpha value is -2.98. The Bertz CT molecular complexity index is 1170. The van der Waals surface area contributed by atoms with Crippen molar-refractivity contribution in [3.8, 4) is 22.8 Å². The molecule has 34 heavy (non-hydrogen) atoms. The third-order valence-electron chi connectivity index (χ3n) is 5.50. The molecule has 1 fully saturated rings. The standard InChI is InChI=1S/C23H24ClF2N3O5/c1-22(2,3)34-21(31)33-13-7-5-6-12(25)14(13)17-16(24)18-15(19(26)28-17)20(30)29-9-8-27-10-23(29,4)11-32-18/h5-7,27H,8-11H2,1-4H3/t23-/m1/s1. The van der Waals surface area contributed by atoms with Crippen molar-refractivity contribution in [3.63, 3.8) is 0 Å². The zero-order valence-corrected chi connectivity index (χ0v) is 19.9. The fourth-order valence-corrected chi connectivity index (χ4v) is 4.22. The van der Waals surface area contributed by atoms with E-state index in [-0.39, 0.29) is 34.4 Å². The van der Waals surface area contributed by atoms with Gasteiger partial charge in [-0.1, -0.05) is 17.7 Å². The first-order valence-corrected chi connectivity index (χ1v) is 11.0. The summed E-state index contributed by atoms with van der Waals surface area (Å²) in [6.45, 7) is 8.08. The van der Waals surface area contributed by atoms with E-state index in [4.69, 9.17) is 25.8 Å². The molecule has 1 amide bonds. The highest BCUT2D eigenvalue weighted by Gasteiger charge is 2.44. The number of hydrogen-bond donors (Lipinski definition) is 1. The second kappa shape index (κ2) is 8.66. The van der Waals surface area contributed by atoms with Crippen LogP contribution in [0.3, 0.4) is 0 Å². The number of ether oxygens (including phenoxy) is 3. The molecule has 2 aliphatic rings. The van der Waals surface area contributed by atoms with Gasteiger partial charge in [0.25, 0.3) is 5.91 Å². The number of amides is 1. The first-order valence-electron chi connectivity index (χ1n) is 10.7. The van der Waals surface area contributed by atoms with Crippen molar-refractivity contribution in [3.05, 3.63) is 40.6 Å². The number of hydrogen-bond acceptors (Lipinski definition) is 7. The maximum Gasteiger partial charge on any atom is 0.514 e. The maximum absolute atomic E-state index is 15.3. The Kier molecular flexibility index (Phi) is 6.15. The summed E-state index contributed by atoms with van der Waals surface area (Å²) < 4.78 is 46.4. The van der Waals surface area contributed by atoms with Crippen molar-refractivity contribution in [2.24, 2.45) is 0 Å². The van der Waals surface area contributed by atoms with E-state index < -0.39 is 40.5 Å². The first-order chi connectivity index (χ1) is 15.9. The maximum atomic E-state index is 15.3. The molecule has 1 aromatic carbocycles. The summed E-state index contributed by atoms with van der Waals surface area (Å²) in [7, 11) is 0. The van der Waals surface area contributed by atoms with Gasteiger partial charge >= 0.3 is 6.16 Å². The number of rotatable bonds is 2. The minimum atomic E-state index is -1.17. The van der Waals surface area contributed by atoms with Gasteiger partial charge in [0.05, 0.1) is 11.1 Å². The van der Waals surface area contributed by atoms with E-state index in [1.165, 1.54) is 17.0 Å². The van der Waals surface area contributed by atoms with Crippen molar-refractivity contribution < 1.29 is 32.6 Å². The number of benzene rings is 1. The lowest BCUT2D eigenvalue weighted by Crippen LogP contribution is -2.63. The third kappa shape index (κ3) is 4.39. The number of piperazine rings is 1. The van der Waals surface area contributed by atoms with Crippen LogP contribution >= 0.6 is 11.6 Å². The number of nitrogens with one attached hydrogen (secondary N) is 1. The lowest BCUT2D eigenvalue weighted by molar-refractivity contribution is 0.0206. The Balaban J connectivity index is 1.81. The molecule has 0 radical (unpaired) electrons. The van der Waals surface area contributed by atoms with E-state index in [2.05, 4.69) is 10.3 Å². The van der Waals surface area contributed by atoms with E-state index in [1.54, 1.807) is 20.8 Å². The van der Waals surface area contributed by atoms with Crippen molar-refractivity contribution in [2.75, 3.05) is 26.2 Å². The van der Waals surface area contributed by atoms with Gasteiger partial charge in [0.2, 0.25) is 5.95 Å². The van der Waals surface area contributed by atoms with Crippen LogP contribution in [0.4, 0.5) is 13.6 Å². The fraction of sp³-hybridized carbons (Fsp3) is 0.435. The second-order valence-corrected chi connectivity index (χ2v) is 9.75. The molecule has 0 saturated carbocycles. The van der Waals surface area contributed by atoms with Gasteiger partial charge in [-0.3, -0.25) is 4.79 Å². The number of carbonyl (C=O) groups excluding carboxylic acids is 2. The summed E-state index contributed by atoms with van der Waals surface area (Å²) in [6.07, 6.45) is -1.09. The quantitative estimate of drug-likeness (QED) is 0.379. The molecule has 182 valence electrons. The van der Waals surface area contributed by atoms with Crippen LogP contribution in [0.15, 0.2) is 18.2 Å². The molecule has 0 unspecified atom stereocenters. The average Bonchev–Trinajstić information content (AvgIpc) is 2.84. The summed E-state index contributed by atoms with van der Waals surface area (Å²) in [4.78, 5) is 30.8. The molecular weight excluding hydrogens is 472 g/mol. The number of pyridine rings is 1. The zero-order chi connectivity index (χ0) is 24.8. The molecule has 11 heteroatoms. The predicted molar refractivity (Wildman–Crippen MR) is 119 cm³/mol. The molecule has 3 heterocycles. The number of halogens is 3. The van der Waals surface area contributed by atoms with Crippen molar-refractivity contribution in [1.82, 2.24) is 15.2 Å². The summed E-state index contributed by atoms with van der Waals surface area (Å²) in [6, 6.07) is 3.68. The minimum absolute atomic E-state index is 0.0277. The number of nitrogens with zero attached hydrogens (tertiary/aromatic N) is 2. The van der Waals surface area contributed by atoms with Gasteiger partial charge in [0, 0.05) is 19.6 Å². The highest BCUT2D eigenvalue weighted by Crippen LogP contribution is 2.44. The largest absolute Gasteiger partial charge is 0.514 e. The van der Waals surface area contributed by atoms with Crippen LogP contribution in [0.25, 0.3) is 11.3 Å². The number of fused-ring (bicyclic) bond motifs is 2. The van der Waals surface area contributed by atoms with Gasteiger partial charge in [0.15, 0.2) is 5.75 Å². The van der Waals surface area contributed by atoms with Crippen molar-refractivity contribution >= 4 is 23.7 Å². The van der Waals surface area contributed by atoms with E-state index in [9.17, 15) is 14.0 Å². The number of aromatic nitrogens is 1. The van der Waals surface area contributed by atoms with Gasteiger partial charge in [-0.2, -0.15) is 4.39 Å². The van der Waals surface area contributed by atoms with Crippen LogP contribution in [0.2, 0.25) is 5.02 Å². The molecule has 1 saturated heterocycles. The van der Waals surface area contributed by atoms with Crippen LogP contribution in [-0.2, 0) is 4.74 Å². The summed E-state index contributed by atoms with van der Waals surface area (Å²) >= 11 is 6.52. The van der Waals surface area contributed by atoms with Gasteiger partial charge < -0.3 is 24.4 Å². The first kappa shape index (κ1) is 24.2. The molecule has 0 aliphatic carbocycles. The summed E-state index contributed by atoms with van der Waals surface area (Å²) in [5, 5.41) is 2.91. The molecule has 2 aliphatic heterocycles. The van der Waals surface area contributed by atoms with Gasteiger partial charge in [-0.15, -0.1) is 0 Å². The average molecular weight is 496 g/mol. The fourth-order valence-electron chi connectivity index (χ4n) is 3.93. The van der Waals surface area contributed by atoms with Crippen LogP contribution < -0.4 is 14.8 Å². The molecule has 8 nitrogen and oxygen atoms in total. The van der Waals surface area contributed by atoms with Crippen LogP contribution in [0, 0.1) is 11.8 Å². The summed E-state index contributed by atoms with van der Waals surface area (Å²) in [5.74, 6) is -3.18. The number of carbonyl (C=O) groups is 2. The van der Waals surface area contributed by atoms with Crippen LogP contribution in [0.1, 0.15) is 38.1 Å². The predicted octanol–water partition coefficient (Wildman–Crippen LogP) is 4.19. The summed E-state index contributed by atoms with van der Waals surface area (Å²) in [5.41, 5.74) is -2.77. The normalized spacial score (nSPS) is 20.1. The molecule has 1 atom stereocenters. The molecule has 0 spiro atoms. The van der Waals surface area contributed by atoms with E-state index in [0.29, 0.717) is 19.6 Å². The Morgan fingerprint density at radius 1 is 1.29 bits per heavy atom. The van der Waals surface area contributed by atoms with Crippen LogP contribution in [0.5, 0.6) is 11.5 Å². The Morgan fingerprint density at radius 2 is 2.03 bits per heavy atom. The third-order valence-corrected chi connectivity index (χ3v) is 5.85. The molecule has 1 N–H and O–H groups in total. The lowest BCUT2D eigenvalue weighted by Gasteiger charge is -2.43. The molecule has 1 aromatic heterocycles. The smallest absolute Gasteiger partial charge is 0.488 e. The van der Waals surface area contributed by atoms with Crippen LogP contribution in [-0.4, -0.2) is 59.3 Å². The van der Waals surface area contributed by atoms with Gasteiger partial charge in [-0.25, -0.2) is 14.2 Å². The highest BCUT2D eigenvalue weighted by molar-refractivity contribution is 6.35. The topological polar surface area (TPSA) is 90.0 Å². The van der Waals surface area contributed by atoms with Crippen molar-refractivity contribution in [2.45, 2.75) is 38.8 Å². The lowest BCUT2D eigenvalue weighted by atomic mass is 9.98. The van der Waals surface area contributed by atoms with E-state index >= 15 is 4.39 Å². The second-order valence-electron chi connectivity index (χ2n) is 9.37. The van der Waals surface area contributed by atoms with Gasteiger partial charge in [-0.05, 0) is 39.8 Å². The molecule has 0 bridgehead atoms. The van der Waals surface area contributed by atoms with E-state index in [1.807, 2.05) is 6.92 Å². The minimum Gasteiger partial charge on any atom is -0.488 e. The van der Waals surface area contributed by atoms with E-state index in [0.717, 1.165) is 6.07 Å². The molecule has 4 rings (SSSR count). The SMILES string of the molecule is CC(C)(C)OC(=O)Oc1cccc(F)c1-c1nc(F)c2c(c1Cl)OC[C@@]1(C)CNCCN1C2=O.